The summed E-state index contributed by atoms with van der Waals surface area (Å²) in [7, 11) is 0. The molecule has 30 heavy (non-hydrogen) atoms. The molecule has 4 rings (SSSR count). The molecule has 2 aliphatic heterocycles. The Morgan fingerprint density at radius 3 is 2.73 bits per heavy atom. The molecule has 0 spiro atoms. The van der Waals surface area contributed by atoms with Gasteiger partial charge in [0.25, 0.3) is 5.91 Å². The van der Waals surface area contributed by atoms with Crippen LogP contribution in [0.1, 0.15) is 55.9 Å². The van der Waals surface area contributed by atoms with Gasteiger partial charge in [0.1, 0.15) is 5.52 Å². The number of aliphatic hydroxyl groups is 1. The second-order valence-electron chi connectivity index (χ2n) is 9.21. The van der Waals surface area contributed by atoms with E-state index in [9.17, 15) is 9.90 Å². The van der Waals surface area contributed by atoms with Crippen LogP contribution in [0, 0.1) is 5.92 Å². The van der Waals surface area contributed by atoms with Crippen LogP contribution < -0.4 is 5.32 Å². The molecule has 7 nitrogen and oxygen atoms in total. The minimum Gasteiger partial charge on any atom is -0.388 e. The molecule has 1 amide bonds. The number of fused-ring (bicyclic) bond motifs is 1. The smallest absolute Gasteiger partial charge is 0.253 e. The van der Waals surface area contributed by atoms with E-state index in [1.807, 2.05) is 23.0 Å². The minimum atomic E-state index is -0.840. The number of ether oxygens (including phenoxy) is 1. The van der Waals surface area contributed by atoms with Crippen molar-refractivity contribution in [2.75, 3.05) is 39.4 Å². The van der Waals surface area contributed by atoms with Gasteiger partial charge in [-0.3, -0.25) is 9.48 Å². The van der Waals surface area contributed by atoms with E-state index < -0.39 is 5.60 Å². The van der Waals surface area contributed by atoms with Crippen molar-refractivity contribution in [2.24, 2.45) is 5.92 Å². The molecule has 2 saturated heterocycles. The number of likely N-dealkylation sites (tertiary alicyclic amines) is 1. The van der Waals surface area contributed by atoms with Crippen LogP contribution in [0.15, 0.2) is 24.4 Å². The van der Waals surface area contributed by atoms with Gasteiger partial charge in [-0.15, -0.1) is 0 Å². The van der Waals surface area contributed by atoms with Crippen molar-refractivity contribution < 1.29 is 14.6 Å². The monoisotopic (exact) mass is 414 g/mol. The molecule has 1 aromatic heterocycles. The van der Waals surface area contributed by atoms with Gasteiger partial charge in [0.2, 0.25) is 0 Å². The van der Waals surface area contributed by atoms with E-state index >= 15 is 0 Å². The Morgan fingerprint density at radius 2 is 2.03 bits per heavy atom. The van der Waals surface area contributed by atoms with Crippen molar-refractivity contribution in [2.45, 2.75) is 51.2 Å². The highest BCUT2D eigenvalue weighted by atomic mass is 16.5. The number of hydrogen-bond donors (Lipinski definition) is 2. The largest absolute Gasteiger partial charge is 0.388 e. The van der Waals surface area contributed by atoms with Gasteiger partial charge in [-0.2, -0.15) is 5.10 Å². The van der Waals surface area contributed by atoms with Crippen molar-refractivity contribution in [1.82, 2.24) is 20.0 Å². The van der Waals surface area contributed by atoms with Crippen LogP contribution in [0.3, 0.4) is 0 Å². The fourth-order valence-electron chi connectivity index (χ4n) is 4.47. The molecule has 7 heteroatoms. The lowest BCUT2D eigenvalue weighted by atomic mass is 9.90. The van der Waals surface area contributed by atoms with E-state index in [1.165, 1.54) is 0 Å². The molecule has 0 radical (unpaired) electrons. The maximum absolute atomic E-state index is 12.9. The zero-order valence-electron chi connectivity index (χ0n) is 18.1. The minimum absolute atomic E-state index is 0.173. The van der Waals surface area contributed by atoms with E-state index in [4.69, 9.17) is 4.74 Å². The molecule has 2 aromatic rings. The summed E-state index contributed by atoms with van der Waals surface area (Å²) < 4.78 is 7.33. The Kier molecular flexibility index (Phi) is 6.41. The molecule has 2 N–H and O–H groups in total. The number of carbonyl (C=O) groups excluding carboxylic acids is 1. The summed E-state index contributed by atoms with van der Waals surface area (Å²) in [5, 5.41) is 19.5. The van der Waals surface area contributed by atoms with E-state index in [1.54, 1.807) is 6.07 Å². The lowest BCUT2D eigenvalue weighted by Gasteiger charge is -2.40. The zero-order chi connectivity index (χ0) is 21.1. The Morgan fingerprint density at radius 1 is 1.30 bits per heavy atom. The van der Waals surface area contributed by atoms with Crippen molar-refractivity contribution in [3.8, 4) is 0 Å². The number of rotatable bonds is 6. The first-order valence-corrected chi connectivity index (χ1v) is 11.2. The van der Waals surface area contributed by atoms with Gasteiger partial charge in [-0.05, 0) is 51.5 Å². The van der Waals surface area contributed by atoms with Crippen molar-refractivity contribution in [3.05, 3.63) is 30.0 Å². The van der Waals surface area contributed by atoms with E-state index in [0.717, 1.165) is 51.1 Å². The number of nitrogens with zero attached hydrogens (tertiary/aromatic N) is 3. The maximum Gasteiger partial charge on any atom is 0.253 e. The van der Waals surface area contributed by atoms with Gasteiger partial charge in [0, 0.05) is 57.0 Å². The number of amides is 1. The van der Waals surface area contributed by atoms with E-state index in [-0.39, 0.29) is 18.5 Å². The van der Waals surface area contributed by atoms with Crippen LogP contribution in [0.4, 0.5) is 0 Å². The van der Waals surface area contributed by atoms with Gasteiger partial charge in [0.05, 0.1) is 11.2 Å². The Labute approximate surface area is 178 Å². The predicted octanol–water partition coefficient (Wildman–Crippen LogP) is 2.60. The summed E-state index contributed by atoms with van der Waals surface area (Å²) in [6, 6.07) is 5.89. The number of benzene rings is 1. The van der Waals surface area contributed by atoms with Gasteiger partial charge in [-0.25, -0.2) is 0 Å². The Bertz CT molecular complexity index is 864. The molecule has 0 aliphatic carbocycles. The first-order valence-electron chi connectivity index (χ1n) is 11.2. The zero-order valence-corrected chi connectivity index (χ0v) is 18.1. The summed E-state index contributed by atoms with van der Waals surface area (Å²) in [6.07, 6.45) is 5.60. The molecule has 3 heterocycles. The molecular formula is C23H34N4O3. The van der Waals surface area contributed by atoms with Crippen LogP contribution in [0.25, 0.3) is 10.9 Å². The molecule has 0 unspecified atom stereocenters. The normalized spacial score (nSPS) is 20.7. The third-order valence-corrected chi connectivity index (χ3v) is 6.55. The summed E-state index contributed by atoms with van der Waals surface area (Å²) in [6.45, 7) is 8.99. The van der Waals surface area contributed by atoms with Crippen LogP contribution in [0.5, 0.6) is 0 Å². The molecule has 2 aliphatic rings. The molecule has 0 atom stereocenters. The van der Waals surface area contributed by atoms with Crippen molar-refractivity contribution in [1.29, 1.82) is 0 Å². The molecule has 164 valence electrons. The van der Waals surface area contributed by atoms with Crippen LogP contribution in [-0.2, 0) is 4.74 Å². The van der Waals surface area contributed by atoms with Gasteiger partial charge >= 0.3 is 0 Å². The molecule has 0 saturated carbocycles. The highest BCUT2D eigenvalue weighted by Crippen LogP contribution is 2.25. The van der Waals surface area contributed by atoms with Gasteiger partial charge in [-0.1, -0.05) is 12.1 Å². The highest BCUT2D eigenvalue weighted by Gasteiger charge is 2.33. The first-order chi connectivity index (χ1) is 14.4. The topological polar surface area (TPSA) is 79.6 Å². The molecular weight excluding hydrogens is 380 g/mol. The summed E-state index contributed by atoms with van der Waals surface area (Å²) in [5.74, 6) is 0.531. The average Bonchev–Trinajstić information content (AvgIpc) is 3.20. The fraction of sp³-hybridized carbons (Fsp3) is 0.652. The van der Waals surface area contributed by atoms with Crippen LogP contribution in [0.2, 0.25) is 0 Å². The highest BCUT2D eigenvalue weighted by molar-refractivity contribution is 6.05. The first kappa shape index (κ1) is 21.3. The van der Waals surface area contributed by atoms with Crippen molar-refractivity contribution >= 4 is 16.8 Å². The third-order valence-electron chi connectivity index (χ3n) is 6.55. The molecule has 1 aromatic carbocycles. The fourth-order valence-corrected chi connectivity index (χ4v) is 4.47. The summed E-state index contributed by atoms with van der Waals surface area (Å²) in [5.41, 5.74) is 0.432. The lowest BCUT2D eigenvalue weighted by Crippen LogP contribution is -2.51. The lowest BCUT2D eigenvalue weighted by molar-refractivity contribution is -0.0272. The maximum atomic E-state index is 12.9. The SMILES string of the molecule is CC(C)n1cc2cccc(C(=O)NCC3(O)CCN(CC4CCOCC4)CC3)c2n1. The predicted molar refractivity (Wildman–Crippen MR) is 117 cm³/mol. The third kappa shape index (κ3) is 4.85. The Balaban J connectivity index is 1.32. The van der Waals surface area contributed by atoms with Crippen LogP contribution in [-0.4, -0.2) is 70.7 Å². The van der Waals surface area contributed by atoms with E-state index in [0.29, 0.717) is 29.8 Å². The number of piperidine rings is 1. The standard InChI is InChI=1S/C23H34N4O3/c1-17(2)27-15-19-4-3-5-20(21(19)25-27)22(28)24-16-23(29)8-10-26(11-9-23)14-18-6-12-30-13-7-18/h3-5,15,17-18,29H,6-14,16H2,1-2H3,(H,24,28). The molecule has 2 fully saturated rings. The van der Waals surface area contributed by atoms with Crippen molar-refractivity contribution in [3.63, 3.8) is 0 Å². The number of hydrogen-bond acceptors (Lipinski definition) is 5. The average molecular weight is 415 g/mol. The molecule has 0 bridgehead atoms. The van der Waals surface area contributed by atoms with Crippen LogP contribution >= 0.6 is 0 Å². The quantitative estimate of drug-likeness (QED) is 0.760. The number of nitrogens with one attached hydrogen (secondary N) is 1. The number of aromatic nitrogens is 2. The second kappa shape index (κ2) is 9.04. The van der Waals surface area contributed by atoms with Gasteiger partial charge in [0.15, 0.2) is 0 Å². The second-order valence-corrected chi connectivity index (χ2v) is 9.21. The van der Waals surface area contributed by atoms with E-state index in [2.05, 4.69) is 29.2 Å². The Hall–Kier alpha value is -1.96. The summed E-state index contributed by atoms with van der Waals surface area (Å²) >= 11 is 0. The van der Waals surface area contributed by atoms with Gasteiger partial charge < -0.3 is 20.1 Å². The summed E-state index contributed by atoms with van der Waals surface area (Å²) in [4.78, 5) is 15.3. The number of carbonyl (C=O) groups is 1.